The standard InChI is InChI=1S/C20H23FN2O5/c1-5-11(2)18(20(26)27-4)23-17(24)10-28-19(25)15-8-13-6-7-14(21)9-16(13)22-12(15)3/h6-9,11,18H,5,10H2,1-4H3,(H,23,24). The number of carbonyl (C=O) groups is 3. The second-order valence-corrected chi connectivity index (χ2v) is 6.49. The number of benzene rings is 1. The fourth-order valence-electron chi connectivity index (χ4n) is 2.66. The van der Waals surface area contributed by atoms with E-state index in [-0.39, 0.29) is 11.5 Å². The van der Waals surface area contributed by atoms with Gasteiger partial charge in [-0.05, 0) is 31.0 Å². The maximum absolute atomic E-state index is 13.3. The molecule has 0 bridgehead atoms. The first-order valence-corrected chi connectivity index (χ1v) is 8.88. The van der Waals surface area contributed by atoms with Gasteiger partial charge in [-0.15, -0.1) is 0 Å². The summed E-state index contributed by atoms with van der Waals surface area (Å²) >= 11 is 0. The summed E-state index contributed by atoms with van der Waals surface area (Å²) in [5.41, 5.74) is 0.954. The second-order valence-electron chi connectivity index (χ2n) is 6.49. The lowest BCUT2D eigenvalue weighted by molar-refractivity contribution is -0.147. The number of nitrogens with zero attached hydrogens (tertiary/aromatic N) is 1. The summed E-state index contributed by atoms with van der Waals surface area (Å²) in [6.07, 6.45) is 0.655. The molecule has 0 spiro atoms. The lowest BCUT2D eigenvalue weighted by Crippen LogP contribution is -2.47. The fraction of sp³-hybridized carbons (Fsp3) is 0.400. The van der Waals surface area contributed by atoms with Gasteiger partial charge in [0.25, 0.3) is 5.91 Å². The Kier molecular flexibility index (Phi) is 7.03. The summed E-state index contributed by atoms with van der Waals surface area (Å²) in [5.74, 6) is -2.47. The van der Waals surface area contributed by atoms with Crippen molar-refractivity contribution in [2.45, 2.75) is 33.2 Å². The van der Waals surface area contributed by atoms with E-state index in [4.69, 9.17) is 9.47 Å². The minimum atomic E-state index is -0.819. The molecule has 2 rings (SSSR count). The van der Waals surface area contributed by atoms with E-state index in [1.807, 2.05) is 6.92 Å². The van der Waals surface area contributed by atoms with Crippen LogP contribution < -0.4 is 5.32 Å². The predicted molar refractivity (Wildman–Crippen MR) is 100 cm³/mol. The number of methoxy groups -OCH3 is 1. The molecule has 1 amide bonds. The van der Waals surface area contributed by atoms with Crippen molar-refractivity contribution in [1.29, 1.82) is 0 Å². The molecule has 150 valence electrons. The van der Waals surface area contributed by atoms with Gasteiger partial charge in [-0.3, -0.25) is 9.78 Å². The van der Waals surface area contributed by atoms with Crippen molar-refractivity contribution in [1.82, 2.24) is 10.3 Å². The number of hydrogen-bond donors (Lipinski definition) is 1. The highest BCUT2D eigenvalue weighted by molar-refractivity contribution is 5.96. The maximum Gasteiger partial charge on any atom is 0.340 e. The number of halogens is 1. The Hall–Kier alpha value is -3.03. The number of rotatable bonds is 7. The Morgan fingerprint density at radius 2 is 1.96 bits per heavy atom. The fourth-order valence-corrected chi connectivity index (χ4v) is 2.66. The van der Waals surface area contributed by atoms with Gasteiger partial charge in [-0.2, -0.15) is 0 Å². The van der Waals surface area contributed by atoms with E-state index in [2.05, 4.69) is 10.3 Å². The van der Waals surface area contributed by atoms with Crippen molar-refractivity contribution in [3.05, 3.63) is 41.3 Å². The number of pyridine rings is 1. The average Bonchev–Trinajstić information content (AvgIpc) is 2.68. The monoisotopic (exact) mass is 390 g/mol. The molecular formula is C20H23FN2O5. The number of esters is 2. The Labute approximate surface area is 162 Å². The van der Waals surface area contributed by atoms with Crippen LogP contribution in [0.2, 0.25) is 0 Å². The molecule has 1 N–H and O–H groups in total. The summed E-state index contributed by atoms with van der Waals surface area (Å²) in [6.45, 7) is 4.73. The number of nitrogens with one attached hydrogen (secondary N) is 1. The first kappa shape index (κ1) is 21.3. The number of hydrogen-bond acceptors (Lipinski definition) is 6. The molecule has 2 aromatic rings. The van der Waals surface area contributed by atoms with Crippen molar-refractivity contribution in [3.63, 3.8) is 0 Å². The van der Waals surface area contributed by atoms with E-state index in [9.17, 15) is 18.8 Å². The van der Waals surface area contributed by atoms with Crippen molar-refractivity contribution in [2.24, 2.45) is 5.92 Å². The van der Waals surface area contributed by atoms with Crippen LogP contribution in [0.15, 0.2) is 24.3 Å². The molecule has 0 saturated carbocycles. The van der Waals surface area contributed by atoms with E-state index >= 15 is 0 Å². The summed E-state index contributed by atoms with van der Waals surface area (Å²) in [5, 5.41) is 3.10. The normalized spacial score (nSPS) is 12.9. The highest BCUT2D eigenvalue weighted by Gasteiger charge is 2.27. The highest BCUT2D eigenvalue weighted by atomic mass is 19.1. The van der Waals surface area contributed by atoms with E-state index in [0.717, 1.165) is 0 Å². The van der Waals surface area contributed by atoms with Gasteiger partial charge in [0.15, 0.2) is 6.61 Å². The lowest BCUT2D eigenvalue weighted by Gasteiger charge is -2.21. The summed E-state index contributed by atoms with van der Waals surface area (Å²) in [6, 6.07) is 4.76. The molecule has 2 atom stereocenters. The van der Waals surface area contributed by atoms with Crippen molar-refractivity contribution < 1.29 is 28.2 Å². The zero-order chi connectivity index (χ0) is 20.8. The van der Waals surface area contributed by atoms with Crippen LogP contribution in [0, 0.1) is 18.7 Å². The topological polar surface area (TPSA) is 94.6 Å². The van der Waals surface area contributed by atoms with Crippen LogP contribution in [0.1, 0.15) is 36.3 Å². The van der Waals surface area contributed by atoms with Gasteiger partial charge in [-0.1, -0.05) is 20.3 Å². The van der Waals surface area contributed by atoms with Crippen molar-refractivity contribution in [3.8, 4) is 0 Å². The summed E-state index contributed by atoms with van der Waals surface area (Å²) in [4.78, 5) is 40.5. The maximum atomic E-state index is 13.3. The largest absolute Gasteiger partial charge is 0.467 e. The zero-order valence-electron chi connectivity index (χ0n) is 16.2. The molecule has 0 radical (unpaired) electrons. The van der Waals surface area contributed by atoms with E-state index < -0.39 is 36.3 Å². The molecule has 0 aliphatic carbocycles. The van der Waals surface area contributed by atoms with Crippen LogP contribution in [-0.2, 0) is 19.1 Å². The van der Waals surface area contributed by atoms with Gasteiger partial charge < -0.3 is 14.8 Å². The Balaban J connectivity index is 2.05. The van der Waals surface area contributed by atoms with E-state index in [1.165, 1.54) is 31.4 Å². The predicted octanol–water partition coefficient (Wildman–Crippen LogP) is 2.54. The zero-order valence-corrected chi connectivity index (χ0v) is 16.2. The second kappa shape index (κ2) is 9.25. The van der Waals surface area contributed by atoms with Gasteiger partial charge >= 0.3 is 11.9 Å². The van der Waals surface area contributed by atoms with Gasteiger partial charge in [-0.25, -0.2) is 14.0 Å². The third-order valence-electron chi connectivity index (χ3n) is 4.51. The SMILES string of the molecule is CCC(C)C(NC(=O)COC(=O)c1cc2ccc(F)cc2nc1C)C(=O)OC. The summed E-state index contributed by atoms with van der Waals surface area (Å²) < 4.78 is 23.1. The van der Waals surface area contributed by atoms with Crippen LogP contribution in [-0.4, -0.2) is 42.6 Å². The number of carbonyl (C=O) groups excluding carboxylic acids is 3. The Bertz CT molecular complexity index is 900. The molecule has 0 fully saturated rings. The smallest absolute Gasteiger partial charge is 0.340 e. The molecule has 0 aliphatic rings. The molecular weight excluding hydrogens is 367 g/mol. The van der Waals surface area contributed by atoms with Crippen LogP contribution in [0.4, 0.5) is 4.39 Å². The van der Waals surface area contributed by atoms with Crippen LogP contribution in [0.3, 0.4) is 0 Å². The molecule has 0 saturated heterocycles. The third-order valence-corrected chi connectivity index (χ3v) is 4.51. The number of aryl methyl sites for hydroxylation is 1. The molecule has 8 heteroatoms. The van der Waals surface area contributed by atoms with Gasteiger partial charge in [0, 0.05) is 11.5 Å². The Morgan fingerprint density at radius 3 is 2.61 bits per heavy atom. The van der Waals surface area contributed by atoms with Gasteiger partial charge in [0.2, 0.25) is 0 Å². The van der Waals surface area contributed by atoms with E-state index in [1.54, 1.807) is 13.8 Å². The van der Waals surface area contributed by atoms with Crippen molar-refractivity contribution >= 4 is 28.7 Å². The minimum absolute atomic E-state index is 0.139. The van der Waals surface area contributed by atoms with Crippen LogP contribution >= 0.6 is 0 Å². The van der Waals surface area contributed by atoms with Gasteiger partial charge in [0.05, 0.1) is 23.9 Å². The molecule has 1 aromatic heterocycles. The minimum Gasteiger partial charge on any atom is -0.467 e. The van der Waals surface area contributed by atoms with E-state index in [0.29, 0.717) is 23.0 Å². The third kappa shape index (κ3) is 5.03. The molecule has 1 aromatic carbocycles. The number of amides is 1. The highest BCUT2D eigenvalue weighted by Crippen LogP contribution is 2.18. The number of aromatic nitrogens is 1. The number of fused-ring (bicyclic) bond motifs is 1. The molecule has 2 unspecified atom stereocenters. The molecule has 0 aliphatic heterocycles. The molecule has 1 heterocycles. The van der Waals surface area contributed by atoms with Crippen LogP contribution in [0.25, 0.3) is 10.9 Å². The summed E-state index contributed by atoms with van der Waals surface area (Å²) in [7, 11) is 1.24. The van der Waals surface area contributed by atoms with Crippen LogP contribution in [0.5, 0.6) is 0 Å². The average molecular weight is 390 g/mol. The molecule has 28 heavy (non-hydrogen) atoms. The quantitative estimate of drug-likeness (QED) is 0.730. The Morgan fingerprint density at radius 1 is 1.25 bits per heavy atom. The van der Waals surface area contributed by atoms with Crippen molar-refractivity contribution in [2.75, 3.05) is 13.7 Å². The first-order valence-electron chi connectivity index (χ1n) is 8.88. The molecule has 7 nitrogen and oxygen atoms in total. The first-order chi connectivity index (χ1) is 13.3. The number of ether oxygens (including phenoxy) is 2. The lowest BCUT2D eigenvalue weighted by atomic mass is 9.99. The van der Waals surface area contributed by atoms with Gasteiger partial charge in [0.1, 0.15) is 11.9 Å².